The van der Waals surface area contributed by atoms with Crippen molar-refractivity contribution in [2.24, 2.45) is 0 Å². The number of carbonyl (C=O) groups is 1. The number of thiazole rings is 1. The third-order valence-corrected chi connectivity index (χ3v) is 5.01. The second-order valence-corrected chi connectivity index (χ2v) is 7.07. The lowest BCUT2D eigenvalue weighted by Crippen LogP contribution is -2.12. The van der Waals surface area contributed by atoms with E-state index in [2.05, 4.69) is 27.2 Å². The summed E-state index contributed by atoms with van der Waals surface area (Å²) < 4.78 is 0. The van der Waals surface area contributed by atoms with Crippen LogP contribution in [0.4, 0.5) is 5.13 Å². The van der Waals surface area contributed by atoms with Crippen molar-refractivity contribution in [3.8, 4) is 11.4 Å². The Bertz CT molecular complexity index is 1070. The Morgan fingerprint density at radius 1 is 1.19 bits per heavy atom. The topological polar surface area (TPSA) is 83.6 Å². The summed E-state index contributed by atoms with van der Waals surface area (Å²) in [5, 5.41) is 5.21. The fourth-order valence-corrected chi connectivity index (χ4v) is 3.51. The van der Waals surface area contributed by atoms with E-state index in [4.69, 9.17) is 4.98 Å². The van der Waals surface area contributed by atoms with Crippen molar-refractivity contribution in [3.63, 3.8) is 0 Å². The van der Waals surface area contributed by atoms with Crippen LogP contribution in [0.3, 0.4) is 0 Å². The van der Waals surface area contributed by atoms with Crippen LogP contribution in [0.25, 0.3) is 22.4 Å². The molecule has 0 atom stereocenters. The summed E-state index contributed by atoms with van der Waals surface area (Å²) in [6, 6.07) is 9.48. The van der Waals surface area contributed by atoms with Crippen LogP contribution in [0.15, 0.2) is 48.1 Å². The first kappa shape index (κ1) is 17.4. The molecule has 1 amide bonds. The Labute approximate surface area is 160 Å². The maximum absolute atomic E-state index is 12.7. The van der Waals surface area contributed by atoms with Crippen LogP contribution in [0.1, 0.15) is 35.8 Å². The van der Waals surface area contributed by atoms with Crippen molar-refractivity contribution in [1.29, 1.82) is 0 Å². The van der Waals surface area contributed by atoms with Crippen LogP contribution in [0, 0.1) is 0 Å². The number of pyridine rings is 1. The molecule has 7 heteroatoms. The van der Waals surface area contributed by atoms with E-state index in [1.807, 2.05) is 35.8 Å². The number of rotatable bonds is 6. The average molecular weight is 377 g/mol. The zero-order valence-electron chi connectivity index (χ0n) is 14.9. The smallest absolute Gasteiger partial charge is 0.259 e. The normalized spacial score (nSPS) is 11.0. The number of hydrogen-bond acceptors (Lipinski definition) is 5. The van der Waals surface area contributed by atoms with Gasteiger partial charge in [0.2, 0.25) is 0 Å². The number of unbranched alkanes of at least 4 members (excludes halogenated alkanes) is 1. The van der Waals surface area contributed by atoms with E-state index in [9.17, 15) is 4.79 Å². The molecule has 3 aromatic heterocycles. The molecular formula is C20H19N5OS. The molecule has 0 spiro atoms. The van der Waals surface area contributed by atoms with Crippen molar-refractivity contribution < 1.29 is 4.79 Å². The Morgan fingerprint density at radius 3 is 2.93 bits per heavy atom. The second kappa shape index (κ2) is 7.67. The molecule has 0 aliphatic rings. The van der Waals surface area contributed by atoms with E-state index in [-0.39, 0.29) is 5.91 Å². The third-order valence-electron chi connectivity index (χ3n) is 4.32. The molecule has 0 bridgehead atoms. The highest BCUT2D eigenvalue weighted by molar-refractivity contribution is 7.13. The predicted molar refractivity (Wildman–Crippen MR) is 108 cm³/mol. The second-order valence-electron chi connectivity index (χ2n) is 6.18. The van der Waals surface area contributed by atoms with E-state index >= 15 is 0 Å². The minimum Gasteiger partial charge on any atom is -0.338 e. The van der Waals surface area contributed by atoms with Gasteiger partial charge in [0.05, 0.1) is 16.8 Å². The van der Waals surface area contributed by atoms with Gasteiger partial charge in [-0.15, -0.1) is 11.3 Å². The third kappa shape index (κ3) is 3.59. The summed E-state index contributed by atoms with van der Waals surface area (Å²) in [4.78, 5) is 29.4. The monoisotopic (exact) mass is 377 g/mol. The largest absolute Gasteiger partial charge is 0.338 e. The molecule has 27 heavy (non-hydrogen) atoms. The van der Waals surface area contributed by atoms with Crippen LogP contribution in [0.5, 0.6) is 0 Å². The van der Waals surface area contributed by atoms with E-state index in [1.54, 1.807) is 12.3 Å². The predicted octanol–water partition coefficient (Wildman–Crippen LogP) is 4.68. The fourth-order valence-electron chi connectivity index (χ4n) is 2.99. The summed E-state index contributed by atoms with van der Waals surface area (Å²) in [5.74, 6) is 0.518. The molecule has 0 aliphatic carbocycles. The summed E-state index contributed by atoms with van der Waals surface area (Å²) in [7, 11) is 0. The van der Waals surface area contributed by atoms with Gasteiger partial charge in [-0.3, -0.25) is 15.1 Å². The Kier molecular flexibility index (Phi) is 4.93. The highest BCUT2D eigenvalue weighted by Gasteiger charge is 2.16. The van der Waals surface area contributed by atoms with Gasteiger partial charge in [0.15, 0.2) is 5.13 Å². The molecule has 1 aromatic carbocycles. The number of nitrogens with zero attached hydrogens (tertiary/aromatic N) is 3. The standard InChI is InChI=1S/C20H19N5OS/c1-2-3-8-15-13(7-5-10-21-15)18-23-16-9-4-6-14(17(16)24-18)19(26)25-20-22-11-12-27-20/h4-7,9-12H,2-3,8H2,1H3,(H,23,24)(H,22,25,26). The van der Waals surface area contributed by atoms with E-state index in [1.165, 1.54) is 11.3 Å². The zero-order chi connectivity index (χ0) is 18.6. The molecule has 0 unspecified atom stereocenters. The number of aromatic nitrogens is 4. The number of aromatic amines is 1. The summed E-state index contributed by atoms with van der Waals surface area (Å²) in [6.45, 7) is 2.16. The number of para-hydroxylation sites is 1. The van der Waals surface area contributed by atoms with Crippen LogP contribution >= 0.6 is 11.3 Å². The Hall–Kier alpha value is -3.06. The van der Waals surface area contributed by atoms with Gasteiger partial charge >= 0.3 is 0 Å². The minimum absolute atomic E-state index is 0.217. The molecule has 6 nitrogen and oxygen atoms in total. The zero-order valence-corrected chi connectivity index (χ0v) is 15.7. The van der Waals surface area contributed by atoms with Crippen LogP contribution in [0.2, 0.25) is 0 Å². The van der Waals surface area contributed by atoms with Crippen molar-refractivity contribution >= 4 is 33.4 Å². The van der Waals surface area contributed by atoms with Gasteiger partial charge in [0, 0.05) is 23.3 Å². The number of fused-ring (bicyclic) bond motifs is 1. The molecule has 3 heterocycles. The van der Waals surface area contributed by atoms with Crippen LogP contribution < -0.4 is 5.32 Å². The summed E-state index contributed by atoms with van der Waals surface area (Å²) in [5.41, 5.74) is 3.98. The van der Waals surface area contributed by atoms with Crippen molar-refractivity contribution in [2.45, 2.75) is 26.2 Å². The number of amides is 1. The van der Waals surface area contributed by atoms with E-state index in [0.29, 0.717) is 16.2 Å². The Balaban J connectivity index is 1.72. The molecule has 0 fully saturated rings. The number of imidazole rings is 1. The first-order valence-electron chi connectivity index (χ1n) is 8.90. The molecule has 0 radical (unpaired) electrons. The molecule has 4 aromatic rings. The number of anilines is 1. The highest BCUT2D eigenvalue weighted by Crippen LogP contribution is 2.26. The molecular weight excluding hydrogens is 358 g/mol. The van der Waals surface area contributed by atoms with Gasteiger partial charge in [0.1, 0.15) is 11.3 Å². The maximum atomic E-state index is 12.7. The lowest BCUT2D eigenvalue weighted by Gasteiger charge is -2.05. The minimum atomic E-state index is -0.217. The number of benzene rings is 1. The number of carbonyl (C=O) groups excluding carboxylic acids is 1. The maximum Gasteiger partial charge on any atom is 0.259 e. The number of aryl methyl sites for hydroxylation is 1. The molecule has 4 rings (SSSR count). The number of nitrogens with one attached hydrogen (secondary N) is 2. The van der Waals surface area contributed by atoms with Gasteiger partial charge in [-0.1, -0.05) is 19.4 Å². The van der Waals surface area contributed by atoms with Crippen molar-refractivity contribution in [2.75, 3.05) is 5.32 Å². The summed E-state index contributed by atoms with van der Waals surface area (Å²) in [6.07, 6.45) is 6.56. The summed E-state index contributed by atoms with van der Waals surface area (Å²) >= 11 is 1.38. The first-order chi connectivity index (χ1) is 13.3. The first-order valence-corrected chi connectivity index (χ1v) is 9.78. The van der Waals surface area contributed by atoms with E-state index in [0.717, 1.165) is 41.9 Å². The van der Waals surface area contributed by atoms with Gasteiger partial charge in [-0.2, -0.15) is 0 Å². The lowest BCUT2D eigenvalue weighted by molar-refractivity contribution is 0.102. The average Bonchev–Trinajstić information content (AvgIpc) is 3.35. The van der Waals surface area contributed by atoms with Crippen LogP contribution in [-0.4, -0.2) is 25.8 Å². The van der Waals surface area contributed by atoms with Gasteiger partial charge in [-0.25, -0.2) is 9.97 Å². The lowest BCUT2D eigenvalue weighted by atomic mass is 10.1. The van der Waals surface area contributed by atoms with E-state index < -0.39 is 0 Å². The molecule has 2 N–H and O–H groups in total. The SMILES string of the molecule is CCCCc1ncccc1-c1nc2c(C(=O)Nc3nccs3)cccc2[nH]1. The van der Waals surface area contributed by atoms with Crippen LogP contribution in [-0.2, 0) is 6.42 Å². The van der Waals surface area contributed by atoms with Gasteiger partial charge < -0.3 is 4.98 Å². The number of H-pyrrole nitrogens is 1. The highest BCUT2D eigenvalue weighted by atomic mass is 32.1. The Morgan fingerprint density at radius 2 is 2.11 bits per heavy atom. The molecule has 0 aliphatic heterocycles. The fraction of sp³-hybridized carbons (Fsp3) is 0.200. The van der Waals surface area contributed by atoms with Crippen molar-refractivity contribution in [1.82, 2.24) is 19.9 Å². The molecule has 0 saturated carbocycles. The molecule has 136 valence electrons. The van der Waals surface area contributed by atoms with Crippen molar-refractivity contribution in [3.05, 3.63) is 59.4 Å². The molecule has 0 saturated heterocycles. The van der Waals surface area contributed by atoms with Gasteiger partial charge in [-0.05, 0) is 37.1 Å². The quantitative estimate of drug-likeness (QED) is 0.511. The van der Waals surface area contributed by atoms with Gasteiger partial charge in [0.25, 0.3) is 5.91 Å². The number of hydrogen-bond donors (Lipinski definition) is 2.